The van der Waals surface area contributed by atoms with Crippen LogP contribution in [0.25, 0.3) is 10.9 Å². The van der Waals surface area contributed by atoms with E-state index in [-0.39, 0.29) is 0 Å². The maximum absolute atomic E-state index is 5.14. The number of methoxy groups -OCH3 is 1. The van der Waals surface area contributed by atoms with E-state index in [2.05, 4.69) is 25.9 Å². The number of anilines is 1. The van der Waals surface area contributed by atoms with E-state index in [0.29, 0.717) is 0 Å². The van der Waals surface area contributed by atoms with Crippen molar-refractivity contribution in [3.63, 3.8) is 0 Å². The van der Waals surface area contributed by atoms with Crippen LogP contribution in [0.5, 0.6) is 0 Å². The van der Waals surface area contributed by atoms with Crippen molar-refractivity contribution in [1.29, 1.82) is 0 Å². The molecule has 0 spiro atoms. The second-order valence-electron chi connectivity index (χ2n) is 5.28. The monoisotopic (exact) mass is 302 g/mol. The molecule has 22 heavy (non-hydrogen) atoms. The average Bonchev–Trinajstić information content (AvgIpc) is 2.51. The number of rotatable bonds is 4. The van der Waals surface area contributed by atoms with Gasteiger partial charge in [-0.25, -0.2) is 9.97 Å². The SMILES string of the molecule is CC.COCCCN1CCc2nc(C)cc3nc(C)nc1c23. The average molecular weight is 302 g/mol. The van der Waals surface area contributed by atoms with Gasteiger partial charge in [-0.05, 0) is 26.3 Å². The lowest BCUT2D eigenvalue weighted by molar-refractivity contribution is 0.196. The third kappa shape index (κ3) is 3.35. The van der Waals surface area contributed by atoms with Crippen molar-refractivity contribution in [3.05, 3.63) is 23.3 Å². The van der Waals surface area contributed by atoms with Crippen LogP contribution in [0.4, 0.5) is 5.82 Å². The van der Waals surface area contributed by atoms with E-state index in [4.69, 9.17) is 4.74 Å². The Balaban J connectivity index is 0.000000847. The summed E-state index contributed by atoms with van der Waals surface area (Å²) in [7, 11) is 1.74. The fourth-order valence-electron chi connectivity index (χ4n) is 2.83. The number of pyridine rings is 1. The summed E-state index contributed by atoms with van der Waals surface area (Å²) in [6.07, 6.45) is 1.97. The van der Waals surface area contributed by atoms with E-state index >= 15 is 0 Å². The molecule has 5 nitrogen and oxygen atoms in total. The predicted octanol–water partition coefficient (Wildman–Crippen LogP) is 3.07. The van der Waals surface area contributed by atoms with Gasteiger partial charge in [-0.15, -0.1) is 0 Å². The van der Waals surface area contributed by atoms with Crippen LogP contribution in [-0.4, -0.2) is 41.8 Å². The summed E-state index contributed by atoms with van der Waals surface area (Å²) >= 11 is 0. The van der Waals surface area contributed by atoms with Crippen LogP contribution in [0.1, 0.15) is 37.5 Å². The van der Waals surface area contributed by atoms with Crippen molar-refractivity contribution in [1.82, 2.24) is 15.0 Å². The Morgan fingerprint density at radius 1 is 1.18 bits per heavy atom. The summed E-state index contributed by atoms with van der Waals surface area (Å²) in [5, 5.41) is 1.13. The third-order valence-corrected chi connectivity index (χ3v) is 3.67. The van der Waals surface area contributed by atoms with Crippen molar-refractivity contribution in [2.45, 2.75) is 40.5 Å². The first-order chi connectivity index (χ1) is 10.7. The van der Waals surface area contributed by atoms with Crippen molar-refractivity contribution < 1.29 is 4.74 Å². The van der Waals surface area contributed by atoms with E-state index in [0.717, 1.165) is 66.5 Å². The highest BCUT2D eigenvalue weighted by Gasteiger charge is 2.22. The minimum absolute atomic E-state index is 0.780. The van der Waals surface area contributed by atoms with Crippen LogP contribution in [0.3, 0.4) is 0 Å². The Bertz CT molecular complexity index is 637. The van der Waals surface area contributed by atoms with E-state index in [9.17, 15) is 0 Å². The number of aromatic nitrogens is 3. The molecule has 0 unspecified atom stereocenters. The van der Waals surface area contributed by atoms with Crippen LogP contribution in [0.15, 0.2) is 6.07 Å². The van der Waals surface area contributed by atoms with Crippen molar-refractivity contribution in [2.75, 3.05) is 31.7 Å². The first kappa shape index (κ1) is 16.6. The van der Waals surface area contributed by atoms with Crippen LogP contribution in [-0.2, 0) is 11.2 Å². The Kier molecular flexibility index (Phi) is 5.66. The molecule has 0 radical (unpaired) electrons. The molecule has 0 N–H and O–H groups in total. The molecule has 0 atom stereocenters. The molecule has 0 saturated heterocycles. The van der Waals surface area contributed by atoms with E-state index in [1.165, 1.54) is 0 Å². The van der Waals surface area contributed by atoms with Crippen molar-refractivity contribution in [2.24, 2.45) is 0 Å². The van der Waals surface area contributed by atoms with Gasteiger partial charge in [-0.1, -0.05) is 13.8 Å². The molecule has 3 rings (SSSR count). The topological polar surface area (TPSA) is 51.1 Å². The first-order valence-electron chi connectivity index (χ1n) is 8.08. The van der Waals surface area contributed by atoms with Gasteiger partial charge in [0.05, 0.1) is 16.6 Å². The molecular weight excluding hydrogens is 276 g/mol. The summed E-state index contributed by atoms with van der Waals surface area (Å²) in [4.78, 5) is 16.2. The van der Waals surface area contributed by atoms with Crippen molar-refractivity contribution in [3.8, 4) is 0 Å². The summed E-state index contributed by atoms with van der Waals surface area (Å²) in [6.45, 7) is 10.7. The van der Waals surface area contributed by atoms with Crippen LogP contribution < -0.4 is 4.90 Å². The Morgan fingerprint density at radius 2 is 1.95 bits per heavy atom. The number of aryl methyl sites for hydroxylation is 2. The highest BCUT2D eigenvalue weighted by molar-refractivity contribution is 5.93. The molecule has 0 saturated carbocycles. The molecule has 1 aliphatic rings. The Labute approximate surface area is 132 Å². The molecule has 2 aromatic rings. The largest absolute Gasteiger partial charge is 0.385 e. The van der Waals surface area contributed by atoms with Gasteiger partial charge in [0, 0.05) is 38.9 Å². The van der Waals surface area contributed by atoms with E-state index in [1.54, 1.807) is 7.11 Å². The number of nitrogens with zero attached hydrogens (tertiary/aromatic N) is 4. The summed E-state index contributed by atoms with van der Waals surface area (Å²) in [5.74, 6) is 1.86. The van der Waals surface area contributed by atoms with Gasteiger partial charge in [-0.3, -0.25) is 4.98 Å². The number of ether oxygens (including phenoxy) is 1. The van der Waals surface area contributed by atoms with Gasteiger partial charge in [0.2, 0.25) is 0 Å². The van der Waals surface area contributed by atoms with Crippen LogP contribution in [0, 0.1) is 13.8 Å². The standard InChI is InChI=1S/C15H20N4O.C2H6/c1-10-9-13-14-12(16-10)5-7-19(6-4-8-20-3)15(14)18-11(2)17-13;1-2/h9H,4-8H2,1-3H3;1-2H3. The summed E-state index contributed by atoms with van der Waals surface area (Å²) < 4.78 is 5.14. The zero-order chi connectivity index (χ0) is 16.1. The molecule has 3 heterocycles. The zero-order valence-corrected chi connectivity index (χ0v) is 14.3. The molecule has 0 amide bonds. The second-order valence-corrected chi connectivity index (χ2v) is 5.28. The van der Waals surface area contributed by atoms with Gasteiger partial charge in [0.15, 0.2) is 0 Å². The minimum Gasteiger partial charge on any atom is -0.385 e. The number of hydrogen-bond donors (Lipinski definition) is 0. The minimum atomic E-state index is 0.780. The quantitative estimate of drug-likeness (QED) is 0.812. The van der Waals surface area contributed by atoms with Crippen molar-refractivity contribution >= 4 is 16.7 Å². The molecule has 5 heteroatoms. The lowest BCUT2D eigenvalue weighted by Gasteiger charge is -2.29. The van der Waals surface area contributed by atoms with E-state index in [1.807, 2.05) is 27.7 Å². The Morgan fingerprint density at radius 3 is 2.68 bits per heavy atom. The molecule has 0 aliphatic carbocycles. The smallest absolute Gasteiger partial charge is 0.142 e. The van der Waals surface area contributed by atoms with Gasteiger partial charge < -0.3 is 9.64 Å². The summed E-state index contributed by atoms with van der Waals surface area (Å²) in [5.41, 5.74) is 3.19. The predicted molar refractivity (Wildman–Crippen MR) is 90.6 cm³/mol. The molecule has 0 aromatic carbocycles. The highest BCUT2D eigenvalue weighted by Crippen LogP contribution is 2.31. The molecular formula is C17H26N4O. The normalized spacial score (nSPS) is 13.0. The van der Waals surface area contributed by atoms with Crippen LogP contribution in [0.2, 0.25) is 0 Å². The lowest BCUT2D eigenvalue weighted by Crippen LogP contribution is -2.32. The fourth-order valence-corrected chi connectivity index (χ4v) is 2.83. The maximum Gasteiger partial charge on any atom is 0.142 e. The number of hydrogen-bond acceptors (Lipinski definition) is 5. The van der Waals surface area contributed by atoms with Gasteiger partial charge in [0.25, 0.3) is 0 Å². The molecule has 0 bridgehead atoms. The Hall–Kier alpha value is -1.75. The fraction of sp³-hybridized carbons (Fsp3) is 0.588. The lowest BCUT2D eigenvalue weighted by atomic mass is 10.1. The molecule has 120 valence electrons. The van der Waals surface area contributed by atoms with Gasteiger partial charge in [-0.2, -0.15) is 0 Å². The first-order valence-corrected chi connectivity index (χ1v) is 8.08. The van der Waals surface area contributed by atoms with Crippen LogP contribution >= 0.6 is 0 Å². The molecule has 2 aromatic heterocycles. The molecule has 1 aliphatic heterocycles. The van der Waals surface area contributed by atoms with Gasteiger partial charge >= 0.3 is 0 Å². The van der Waals surface area contributed by atoms with E-state index < -0.39 is 0 Å². The molecule has 0 fully saturated rings. The highest BCUT2D eigenvalue weighted by atomic mass is 16.5. The third-order valence-electron chi connectivity index (χ3n) is 3.67. The summed E-state index contributed by atoms with van der Waals surface area (Å²) in [6, 6.07) is 2.05. The second kappa shape index (κ2) is 7.49. The zero-order valence-electron chi connectivity index (χ0n) is 14.3. The maximum atomic E-state index is 5.14. The van der Waals surface area contributed by atoms with Gasteiger partial charge in [0.1, 0.15) is 11.6 Å².